The lowest BCUT2D eigenvalue weighted by atomic mass is 10.1. The van der Waals surface area contributed by atoms with E-state index in [-0.39, 0.29) is 24.6 Å². The average Bonchev–Trinajstić information content (AvgIpc) is 3.19. The molecule has 7 nitrogen and oxygen atoms in total. The third kappa shape index (κ3) is 6.01. The van der Waals surface area contributed by atoms with Crippen LogP contribution in [0.3, 0.4) is 0 Å². The molecule has 2 saturated heterocycles. The summed E-state index contributed by atoms with van der Waals surface area (Å²) in [6.45, 7) is 7.08. The number of thioether (sulfide) groups is 1. The molecule has 1 aromatic carbocycles. The van der Waals surface area contributed by atoms with Gasteiger partial charge in [0.1, 0.15) is 23.3 Å². The first kappa shape index (κ1) is 24.5. The van der Waals surface area contributed by atoms with Gasteiger partial charge in [-0.1, -0.05) is 0 Å². The van der Waals surface area contributed by atoms with Crippen molar-refractivity contribution in [2.24, 2.45) is 0 Å². The number of carbonyl (C=O) groups excluding carboxylic acids is 1. The molecule has 3 unspecified atom stereocenters. The van der Waals surface area contributed by atoms with E-state index in [4.69, 9.17) is 9.47 Å². The van der Waals surface area contributed by atoms with E-state index in [0.717, 1.165) is 59.3 Å². The molecule has 31 heavy (non-hydrogen) atoms. The van der Waals surface area contributed by atoms with Crippen LogP contribution < -0.4 is 4.74 Å². The summed E-state index contributed by atoms with van der Waals surface area (Å²) in [5.41, 5.74) is 1.93. The van der Waals surface area contributed by atoms with Gasteiger partial charge in [-0.2, -0.15) is 11.8 Å². The molecule has 0 radical (unpaired) electrons. The summed E-state index contributed by atoms with van der Waals surface area (Å²) in [6.07, 6.45) is 1.01. The number of ether oxygens (including phenoxy) is 2. The average molecular weight is 470 g/mol. The lowest BCUT2D eigenvalue weighted by Gasteiger charge is -2.34. The van der Waals surface area contributed by atoms with Gasteiger partial charge in [0, 0.05) is 37.7 Å². The first-order chi connectivity index (χ1) is 14.8. The summed E-state index contributed by atoms with van der Waals surface area (Å²) in [4.78, 5) is 17.5. The molecule has 3 atom stereocenters. The number of nitrogens with zero attached hydrogens (tertiary/aromatic N) is 3. The maximum atomic E-state index is 13.5. The van der Waals surface area contributed by atoms with Gasteiger partial charge in [0.05, 0.1) is 24.7 Å². The van der Waals surface area contributed by atoms with Crippen LogP contribution in [0.15, 0.2) is 17.0 Å². The number of aryl methyl sites for hydroxylation is 2. The van der Waals surface area contributed by atoms with E-state index in [0.29, 0.717) is 6.61 Å². The van der Waals surface area contributed by atoms with E-state index >= 15 is 0 Å². The molecule has 0 saturated carbocycles. The number of hydrogen-bond acceptors (Lipinski definition) is 6. The van der Waals surface area contributed by atoms with Crippen molar-refractivity contribution in [2.45, 2.75) is 37.2 Å². The SMILES string of the molecule is COc1cc(C)c(S(=O)N2CCSCC2COCC(=O)N(C)C2CCN(C)C2)c(C)c1. The first-order valence-electron chi connectivity index (χ1n) is 10.7. The second-order valence-electron chi connectivity index (χ2n) is 8.43. The maximum Gasteiger partial charge on any atom is 0.248 e. The van der Waals surface area contributed by atoms with E-state index in [9.17, 15) is 9.00 Å². The molecule has 0 spiro atoms. The fourth-order valence-corrected chi connectivity index (χ4v) is 7.04. The van der Waals surface area contributed by atoms with Crippen molar-refractivity contribution in [3.8, 4) is 5.75 Å². The van der Waals surface area contributed by atoms with Crippen molar-refractivity contribution in [3.63, 3.8) is 0 Å². The van der Waals surface area contributed by atoms with Crippen LogP contribution in [0, 0.1) is 13.8 Å². The molecular weight excluding hydrogens is 434 g/mol. The molecule has 2 aliphatic rings. The van der Waals surface area contributed by atoms with Crippen molar-refractivity contribution in [2.75, 3.05) is 65.6 Å². The van der Waals surface area contributed by atoms with Crippen molar-refractivity contribution in [1.29, 1.82) is 0 Å². The predicted molar refractivity (Wildman–Crippen MR) is 126 cm³/mol. The largest absolute Gasteiger partial charge is 0.497 e. The van der Waals surface area contributed by atoms with Gasteiger partial charge in [0.2, 0.25) is 5.91 Å². The van der Waals surface area contributed by atoms with Crippen LogP contribution in [-0.4, -0.2) is 102 Å². The molecule has 0 N–H and O–H groups in total. The Kier molecular flexibility index (Phi) is 8.81. The van der Waals surface area contributed by atoms with Crippen LogP contribution in [0.4, 0.5) is 0 Å². The molecular formula is C22H35N3O4S2. The van der Waals surface area contributed by atoms with Crippen LogP contribution in [0.2, 0.25) is 0 Å². The van der Waals surface area contributed by atoms with Gasteiger partial charge in [0.25, 0.3) is 0 Å². The predicted octanol–water partition coefficient (Wildman–Crippen LogP) is 1.93. The Morgan fingerprint density at radius 1 is 1.29 bits per heavy atom. The van der Waals surface area contributed by atoms with E-state index in [1.54, 1.807) is 7.11 Å². The number of likely N-dealkylation sites (N-methyl/N-ethyl adjacent to an activating group) is 2. The Hall–Kier alpha value is -1.13. The summed E-state index contributed by atoms with van der Waals surface area (Å²) in [5, 5.41) is 0. The minimum Gasteiger partial charge on any atom is -0.497 e. The Balaban J connectivity index is 1.59. The summed E-state index contributed by atoms with van der Waals surface area (Å²) >= 11 is 1.84. The molecule has 0 aromatic heterocycles. The normalized spacial score (nSPS) is 23.6. The van der Waals surface area contributed by atoms with Crippen molar-refractivity contribution in [1.82, 2.24) is 14.1 Å². The zero-order valence-electron chi connectivity index (χ0n) is 19.3. The first-order valence-corrected chi connectivity index (χ1v) is 13.0. The third-order valence-electron chi connectivity index (χ3n) is 6.07. The van der Waals surface area contributed by atoms with Gasteiger partial charge in [-0.15, -0.1) is 0 Å². The molecule has 174 valence electrons. The fraction of sp³-hybridized carbons (Fsp3) is 0.682. The highest BCUT2D eigenvalue weighted by Gasteiger charge is 2.31. The smallest absolute Gasteiger partial charge is 0.248 e. The van der Waals surface area contributed by atoms with Crippen LogP contribution in [0.25, 0.3) is 0 Å². The number of rotatable bonds is 8. The summed E-state index contributed by atoms with van der Waals surface area (Å²) in [5.74, 6) is 2.57. The van der Waals surface area contributed by atoms with Crippen molar-refractivity contribution in [3.05, 3.63) is 23.3 Å². The summed E-state index contributed by atoms with van der Waals surface area (Å²) in [6, 6.07) is 4.13. The van der Waals surface area contributed by atoms with Crippen LogP contribution >= 0.6 is 11.8 Å². The van der Waals surface area contributed by atoms with Crippen LogP contribution in [0.5, 0.6) is 5.75 Å². The van der Waals surface area contributed by atoms with Crippen molar-refractivity contribution < 1.29 is 18.5 Å². The number of likely N-dealkylation sites (tertiary alicyclic amines) is 1. The lowest BCUT2D eigenvalue weighted by Crippen LogP contribution is -2.47. The molecule has 1 aromatic rings. The molecule has 1 amide bonds. The lowest BCUT2D eigenvalue weighted by molar-refractivity contribution is -0.137. The highest BCUT2D eigenvalue weighted by Crippen LogP contribution is 2.29. The Morgan fingerprint density at radius 2 is 2.00 bits per heavy atom. The second kappa shape index (κ2) is 11.1. The second-order valence-corrected chi connectivity index (χ2v) is 11.0. The van der Waals surface area contributed by atoms with E-state index < -0.39 is 11.0 Å². The third-order valence-corrected chi connectivity index (χ3v) is 9.07. The highest BCUT2D eigenvalue weighted by molar-refractivity contribution is 7.99. The Bertz CT molecular complexity index is 784. The maximum absolute atomic E-state index is 13.5. The number of amides is 1. The summed E-state index contributed by atoms with van der Waals surface area (Å²) in [7, 11) is 4.31. The Morgan fingerprint density at radius 3 is 2.61 bits per heavy atom. The molecule has 9 heteroatoms. The van der Waals surface area contributed by atoms with Gasteiger partial charge in [-0.05, 0) is 57.1 Å². The molecule has 2 aliphatic heterocycles. The van der Waals surface area contributed by atoms with Gasteiger partial charge in [-0.25, -0.2) is 8.51 Å². The van der Waals surface area contributed by atoms with E-state index in [1.165, 1.54) is 0 Å². The highest BCUT2D eigenvalue weighted by atomic mass is 32.2. The monoisotopic (exact) mass is 469 g/mol. The number of methoxy groups -OCH3 is 1. The van der Waals surface area contributed by atoms with Crippen molar-refractivity contribution >= 4 is 28.7 Å². The van der Waals surface area contributed by atoms with E-state index in [2.05, 4.69) is 11.9 Å². The van der Waals surface area contributed by atoms with Gasteiger partial charge >= 0.3 is 0 Å². The number of benzene rings is 1. The molecule has 2 heterocycles. The van der Waals surface area contributed by atoms with Gasteiger partial charge in [-0.3, -0.25) is 4.79 Å². The van der Waals surface area contributed by atoms with Crippen LogP contribution in [0.1, 0.15) is 17.5 Å². The quantitative estimate of drug-likeness (QED) is 0.580. The molecule has 0 bridgehead atoms. The zero-order valence-corrected chi connectivity index (χ0v) is 20.9. The zero-order chi connectivity index (χ0) is 22.5. The van der Waals surface area contributed by atoms with E-state index in [1.807, 2.05) is 54.0 Å². The molecule has 0 aliphatic carbocycles. The molecule has 3 rings (SSSR count). The van der Waals surface area contributed by atoms with Crippen LogP contribution in [-0.2, 0) is 20.5 Å². The van der Waals surface area contributed by atoms with Gasteiger partial charge < -0.3 is 19.3 Å². The van der Waals surface area contributed by atoms with Gasteiger partial charge in [0.15, 0.2) is 0 Å². The fourth-order valence-electron chi connectivity index (χ4n) is 4.23. The number of hydrogen-bond donors (Lipinski definition) is 0. The topological polar surface area (TPSA) is 62.3 Å². The minimum atomic E-state index is -1.28. The molecule has 2 fully saturated rings. The minimum absolute atomic E-state index is 0.0104. The standard InChI is InChI=1S/C22H35N3O4S2/c1-16-10-20(28-5)11-17(2)22(16)31(27)25-8-9-30-15-19(25)13-29-14-21(26)24(4)18-6-7-23(3)12-18/h10-11,18-19H,6-9,12-15H2,1-5H3. The summed E-state index contributed by atoms with van der Waals surface area (Å²) < 4.78 is 26.7. The Labute approximate surface area is 193 Å². The number of carbonyl (C=O) groups is 1.